The Kier molecular flexibility index (Phi) is 9.29. The molecule has 0 saturated carbocycles. The van der Waals surface area contributed by atoms with Gasteiger partial charge in [0.2, 0.25) is 0 Å². The minimum atomic E-state index is 0.602. The lowest BCUT2D eigenvalue weighted by molar-refractivity contribution is 1.28. The zero-order valence-corrected chi connectivity index (χ0v) is 21.8. The van der Waals surface area contributed by atoms with Gasteiger partial charge in [-0.15, -0.1) is 9.24 Å². The third kappa shape index (κ3) is 7.34. The molecule has 1 unspecified atom stereocenters. The molecule has 0 aliphatic carbocycles. The average Bonchev–Trinajstić information content (AvgIpc) is 2.86. The summed E-state index contributed by atoms with van der Waals surface area (Å²) in [5.74, 6) is 0. The highest BCUT2D eigenvalue weighted by Gasteiger charge is 2.08. The van der Waals surface area contributed by atoms with Crippen molar-refractivity contribution in [3.8, 4) is 11.1 Å². The van der Waals surface area contributed by atoms with Crippen molar-refractivity contribution in [2.45, 2.75) is 20.8 Å². The third-order valence-electron chi connectivity index (χ3n) is 5.42. The summed E-state index contributed by atoms with van der Waals surface area (Å²) in [5.41, 5.74) is 15.1. The van der Waals surface area contributed by atoms with Gasteiger partial charge < -0.3 is 16.4 Å². The first-order valence-corrected chi connectivity index (χ1v) is 12.2. The first kappa shape index (κ1) is 25.8. The van der Waals surface area contributed by atoms with E-state index in [0.29, 0.717) is 5.70 Å². The third-order valence-corrected chi connectivity index (χ3v) is 5.92. The van der Waals surface area contributed by atoms with Crippen molar-refractivity contribution in [2.75, 3.05) is 10.6 Å². The number of nitrogens with two attached hydrogens (primary N) is 1. The predicted octanol–water partition coefficient (Wildman–Crippen LogP) is 7.75. The summed E-state index contributed by atoms with van der Waals surface area (Å²) in [6.45, 7) is 10.1. The molecule has 4 N–H and O–H groups in total. The van der Waals surface area contributed by atoms with Gasteiger partial charge >= 0.3 is 0 Å². The van der Waals surface area contributed by atoms with Crippen LogP contribution < -0.4 is 21.7 Å². The highest BCUT2D eigenvalue weighted by atomic mass is 31.0. The fourth-order valence-electron chi connectivity index (χ4n) is 3.52. The van der Waals surface area contributed by atoms with Gasteiger partial charge in [0.1, 0.15) is 0 Å². The molecule has 0 radical (unpaired) electrons. The van der Waals surface area contributed by atoms with Gasteiger partial charge in [-0.05, 0) is 85.2 Å². The van der Waals surface area contributed by atoms with Crippen LogP contribution in [0.25, 0.3) is 11.1 Å². The van der Waals surface area contributed by atoms with Crippen molar-refractivity contribution >= 4 is 31.6 Å². The van der Waals surface area contributed by atoms with Crippen LogP contribution in [-0.4, -0.2) is 0 Å². The second-order valence-corrected chi connectivity index (χ2v) is 8.86. The zero-order chi connectivity index (χ0) is 25.2. The first-order valence-electron chi connectivity index (χ1n) is 11.6. The molecule has 3 aromatic carbocycles. The minimum Gasteiger partial charge on any atom is -0.397 e. The zero-order valence-electron chi connectivity index (χ0n) is 20.7. The van der Waals surface area contributed by atoms with Crippen LogP contribution >= 0.6 is 9.24 Å². The maximum atomic E-state index is 6.44. The molecule has 0 fully saturated rings. The van der Waals surface area contributed by atoms with E-state index in [4.69, 9.17) is 5.73 Å². The van der Waals surface area contributed by atoms with E-state index in [1.54, 1.807) is 0 Å². The van der Waals surface area contributed by atoms with E-state index in [2.05, 4.69) is 100 Å². The van der Waals surface area contributed by atoms with Gasteiger partial charge in [0, 0.05) is 17.1 Å². The number of hydrogen-bond acceptors (Lipinski definition) is 3. The number of aryl methyl sites for hydroxylation is 1. The quantitative estimate of drug-likeness (QED) is 0.217. The van der Waals surface area contributed by atoms with Crippen LogP contribution in [0.2, 0.25) is 0 Å². The van der Waals surface area contributed by atoms with Crippen molar-refractivity contribution < 1.29 is 0 Å². The lowest BCUT2D eigenvalue weighted by atomic mass is 10.0. The Morgan fingerprint density at radius 3 is 2.31 bits per heavy atom. The summed E-state index contributed by atoms with van der Waals surface area (Å²) in [4.78, 5) is 0. The van der Waals surface area contributed by atoms with Gasteiger partial charge in [-0.2, -0.15) is 0 Å². The summed E-state index contributed by atoms with van der Waals surface area (Å²) >= 11 is 0. The molecular formula is C31H34N3P. The highest BCUT2D eigenvalue weighted by Crippen LogP contribution is 2.28. The van der Waals surface area contributed by atoms with Crippen LogP contribution in [0, 0.1) is 6.92 Å². The molecule has 0 saturated heterocycles. The molecule has 0 heterocycles. The second-order valence-electron chi connectivity index (χ2n) is 8.24. The minimum absolute atomic E-state index is 0.602. The predicted molar refractivity (Wildman–Crippen MR) is 158 cm³/mol. The van der Waals surface area contributed by atoms with Crippen LogP contribution in [0.4, 0.5) is 17.1 Å². The van der Waals surface area contributed by atoms with Crippen molar-refractivity contribution in [1.82, 2.24) is 0 Å². The highest BCUT2D eigenvalue weighted by molar-refractivity contribution is 7.28. The van der Waals surface area contributed by atoms with E-state index in [-0.39, 0.29) is 0 Å². The van der Waals surface area contributed by atoms with E-state index in [1.807, 2.05) is 50.3 Å². The SMILES string of the molecule is C=C(/C=C\C=C/C)/C(N)=C(/C=C\C)Nc1ccc(P)c(-c2cccc(Nc3ccc(C)cc3)c2)c1. The number of allylic oxidation sites excluding steroid dienone is 6. The summed E-state index contributed by atoms with van der Waals surface area (Å²) in [7, 11) is 2.84. The standard InChI is InChI=1S/C31H34N3P/c1-5-7-8-11-23(4)31(32)29(10-6-2)34-27-18-19-30(35)28(21-27)24-12-9-13-26(20-24)33-25-16-14-22(3)15-17-25/h5-21,33-34H,4,32,35H2,1-3H3/b7-5-,10-6-,11-8-,31-29+. The van der Waals surface area contributed by atoms with Gasteiger partial charge in [-0.1, -0.05) is 72.9 Å². The Morgan fingerprint density at radius 1 is 0.857 bits per heavy atom. The van der Waals surface area contributed by atoms with Gasteiger partial charge in [-0.3, -0.25) is 0 Å². The van der Waals surface area contributed by atoms with E-state index in [1.165, 1.54) is 5.56 Å². The largest absolute Gasteiger partial charge is 0.397 e. The van der Waals surface area contributed by atoms with Gasteiger partial charge in [0.25, 0.3) is 0 Å². The van der Waals surface area contributed by atoms with E-state index < -0.39 is 0 Å². The van der Waals surface area contributed by atoms with E-state index in [0.717, 1.165) is 44.8 Å². The summed E-state index contributed by atoms with van der Waals surface area (Å²) in [6, 6.07) is 23.1. The van der Waals surface area contributed by atoms with Crippen molar-refractivity contribution in [1.29, 1.82) is 0 Å². The number of rotatable bonds is 9. The number of hydrogen-bond donors (Lipinski definition) is 3. The molecule has 0 amide bonds. The maximum Gasteiger partial charge on any atom is 0.0620 e. The lowest BCUT2D eigenvalue weighted by Crippen LogP contribution is -2.10. The molecule has 0 bridgehead atoms. The average molecular weight is 480 g/mol. The molecule has 0 spiro atoms. The normalized spacial score (nSPS) is 12.3. The lowest BCUT2D eigenvalue weighted by Gasteiger charge is -2.15. The topological polar surface area (TPSA) is 50.1 Å². The summed E-state index contributed by atoms with van der Waals surface area (Å²) in [5, 5.41) is 8.09. The monoisotopic (exact) mass is 479 g/mol. The van der Waals surface area contributed by atoms with E-state index >= 15 is 0 Å². The van der Waals surface area contributed by atoms with Gasteiger partial charge in [0.05, 0.1) is 11.4 Å². The van der Waals surface area contributed by atoms with Crippen molar-refractivity contribution in [3.63, 3.8) is 0 Å². The molecule has 3 nitrogen and oxygen atoms in total. The Bertz CT molecular complexity index is 1300. The molecule has 0 aliphatic rings. The number of anilines is 3. The van der Waals surface area contributed by atoms with Crippen LogP contribution in [0.5, 0.6) is 0 Å². The maximum absolute atomic E-state index is 6.44. The van der Waals surface area contributed by atoms with Crippen LogP contribution in [0.15, 0.2) is 127 Å². The Labute approximate surface area is 212 Å². The number of benzene rings is 3. The van der Waals surface area contributed by atoms with Crippen molar-refractivity contribution in [2.24, 2.45) is 5.73 Å². The fraction of sp³-hybridized carbons (Fsp3) is 0.0968. The Morgan fingerprint density at radius 2 is 1.60 bits per heavy atom. The first-order chi connectivity index (χ1) is 16.9. The Balaban J connectivity index is 1.90. The smallest absolute Gasteiger partial charge is 0.0620 e. The van der Waals surface area contributed by atoms with Gasteiger partial charge in [-0.25, -0.2) is 0 Å². The van der Waals surface area contributed by atoms with Crippen LogP contribution in [0.3, 0.4) is 0 Å². The molecule has 35 heavy (non-hydrogen) atoms. The molecule has 0 aromatic heterocycles. The van der Waals surface area contributed by atoms with Crippen molar-refractivity contribution in [3.05, 3.63) is 132 Å². The molecule has 0 aliphatic heterocycles. The summed E-state index contributed by atoms with van der Waals surface area (Å²) in [6.07, 6.45) is 11.7. The second kappa shape index (κ2) is 12.6. The fourth-order valence-corrected chi connectivity index (χ4v) is 3.86. The molecule has 3 rings (SSSR count). The van der Waals surface area contributed by atoms with Crippen LogP contribution in [-0.2, 0) is 0 Å². The molecule has 3 aromatic rings. The Hall–Kier alpha value is -3.81. The molecule has 1 atom stereocenters. The van der Waals surface area contributed by atoms with Crippen LogP contribution in [0.1, 0.15) is 19.4 Å². The molecule has 4 heteroatoms. The molecule has 178 valence electrons. The van der Waals surface area contributed by atoms with Gasteiger partial charge in [0.15, 0.2) is 0 Å². The molecular weight excluding hydrogens is 445 g/mol. The number of nitrogens with one attached hydrogen (secondary N) is 2. The summed E-state index contributed by atoms with van der Waals surface area (Å²) < 4.78 is 0. The van der Waals surface area contributed by atoms with E-state index in [9.17, 15) is 0 Å².